The molecule has 0 aliphatic carbocycles. The summed E-state index contributed by atoms with van der Waals surface area (Å²) in [5.41, 5.74) is -5.39. The quantitative estimate of drug-likeness (QED) is 0.467. The maximum absolute atomic E-state index is 12.6. The number of aromatic nitrogens is 2. The van der Waals surface area contributed by atoms with E-state index >= 15 is 0 Å². The number of halogens is 6. The smallest absolute Gasteiger partial charge is 0.441 e. The number of nitrogens with zero attached hydrogens (tertiary/aromatic N) is 2. The highest BCUT2D eigenvalue weighted by atomic mass is 32.2. The Morgan fingerprint density at radius 2 is 1.73 bits per heavy atom. The van der Waals surface area contributed by atoms with Crippen LogP contribution in [0.15, 0.2) is 36.5 Å². The van der Waals surface area contributed by atoms with Crippen LogP contribution in [-0.4, -0.2) is 27.8 Å². The van der Waals surface area contributed by atoms with Crippen molar-refractivity contribution in [3.63, 3.8) is 0 Å². The molecule has 11 heteroatoms. The molecule has 142 valence electrons. The highest BCUT2D eigenvalue weighted by Crippen LogP contribution is 2.31. The molecule has 0 amide bonds. The molecule has 0 aliphatic heterocycles. The van der Waals surface area contributed by atoms with E-state index < -0.39 is 17.4 Å². The zero-order valence-corrected chi connectivity index (χ0v) is 13.8. The molecule has 0 radical (unpaired) electrons. The standard InChI is InChI=1S/C15H12F6N2O2S/c16-14(17,18)11-9-10(5-6-22-11)25-13-4-1-3-12(23-13)24-7-2-8-26-15(19,20)21/h1,3-6,9H,2,7-8H2. The molecule has 0 spiro atoms. The van der Waals surface area contributed by atoms with Crippen molar-refractivity contribution in [3.05, 3.63) is 42.2 Å². The summed E-state index contributed by atoms with van der Waals surface area (Å²) in [6.45, 7) is 0.00696. The van der Waals surface area contributed by atoms with Crippen LogP contribution in [0.25, 0.3) is 0 Å². The second kappa shape index (κ2) is 8.47. The number of thioether (sulfide) groups is 1. The highest BCUT2D eigenvalue weighted by Gasteiger charge is 2.32. The van der Waals surface area contributed by atoms with Crippen LogP contribution in [0.1, 0.15) is 12.1 Å². The summed E-state index contributed by atoms with van der Waals surface area (Å²) in [6, 6.07) is 6.31. The van der Waals surface area contributed by atoms with Crippen LogP contribution in [0.5, 0.6) is 17.5 Å². The van der Waals surface area contributed by atoms with Crippen molar-refractivity contribution in [2.45, 2.75) is 18.1 Å². The maximum Gasteiger partial charge on any atom is 0.441 e. The van der Waals surface area contributed by atoms with E-state index in [1.165, 1.54) is 24.3 Å². The van der Waals surface area contributed by atoms with Gasteiger partial charge in [-0.3, -0.25) is 4.98 Å². The molecular weight excluding hydrogens is 386 g/mol. The predicted molar refractivity (Wildman–Crippen MR) is 82.2 cm³/mol. The van der Waals surface area contributed by atoms with Gasteiger partial charge in [-0.05, 0) is 12.5 Å². The van der Waals surface area contributed by atoms with Gasteiger partial charge in [0.1, 0.15) is 11.4 Å². The van der Waals surface area contributed by atoms with Crippen molar-refractivity contribution in [1.29, 1.82) is 0 Å². The summed E-state index contributed by atoms with van der Waals surface area (Å²) in [5, 5.41) is 0. The van der Waals surface area contributed by atoms with E-state index in [9.17, 15) is 26.3 Å². The van der Waals surface area contributed by atoms with E-state index in [2.05, 4.69) is 9.97 Å². The third-order valence-electron chi connectivity index (χ3n) is 2.75. The van der Waals surface area contributed by atoms with Crippen LogP contribution in [0, 0.1) is 0 Å². The van der Waals surface area contributed by atoms with Crippen molar-refractivity contribution >= 4 is 11.8 Å². The largest absolute Gasteiger partial charge is 0.478 e. The van der Waals surface area contributed by atoms with E-state index in [1.807, 2.05) is 0 Å². The lowest BCUT2D eigenvalue weighted by atomic mass is 10.3. The Hall–Kier alpha value is -2.17. The number of hydrogen-bond donors (Lipinski definition) is 0. The minimum Gasteiger partial charge on any atom is -0.478 e. The summed E-state index contributed by atoms with van der Waals surface area (Å²) in [6.07, 6.45) is -3.50. The molecule has 0 atom stereocenters. The predicted octanol–water partition coefficient (Wildman–Crippen LogP) is 5.31. The molecule has 0 saturated carbocycles. The number of hydrogen-bond acceptors (Lipinski definition) is 5. The molecule has 2 heterocycles. The maximum atomic E-state index is 12.6. The molecule has 0 unspecified atom stereocenters. The molecule has 2 aromatic rings. The van der Waals surface area contributed by atoms with E-state index in [0.717, 1.165) is 12.3 Å². The molecule has 0 fully saturated rings. The minimum absolute atomic E-state index is 0.00696. The first-order valence-corrected chi connectivity index (χ1v) is 8.14. The monoisotopic (exact) mass is 398 g/mol. The first-order valence-electron chi connectivity index (χ1n) is 7.15. The molecule has 0 aromatic carbocycles. The second-order valence-electron chi connectivity index (χ2n) is 4.79. The number of alkyl halides is 6. The van der Waals surface area contributed by atoms with E-state index in [0.29, 0.717) is 0 Å². The summed E-state index contributed by atoms with van der Waals surface area (Å²) >= 11 is -0.146. The molecule has 0 N–H and O–H groups in total. The fourth-order valence-electron chi connectivity index (χ4n) is 1.71. The number of ether oxygens (including phenoxy) is 2. The topological polar surface area (TPSA) is 44.2 Å². The first kappa shape index (κ1) is 20.1. The van der Waals surface area contributed by atoms with Gasteiger partial charge in [-0.1, -0.05) is 17.8 Å². The van der Waals surface area contributed by atoms with Crippen LogP contribution in [0.2, 0.25) is 0 Å². The Morgan fingerprint density at radius 1 is 1.00 bits per heavy atom. The van der Waals surface area contributed by atoms with Crippen LogP contribution >= 0.6 is 11.8 Å². The first-order chi connectivity index (χ1) is 12.1. The van der Waals surface area contributed by atoms with Crippen molar-refractivity contribution in [1.82, 2.24) is 9.97 Å². The summed E-state index contributed by atoms with van der Waals surface area (Å²) < 4.78 is 84.3. The van der Waals surface area contributed by atoms with Crippen molar-refractivity contribution < 1.29 is 35.8 Å². The minimum atomic E-state index is -4.60. The van der Waals surface area contributed by atoms with Crippen LogP contribution in [0.4, 0.5) is 26.3 Å². The number of rotatable bonds is 7. The molecule has 0 saturated heterocycles. The van der Waals surface area contributed by atoms with Crippen molar-refractivity contribution in [3.8, 4) is 17.5 Å². The number of pyridine rings is 2. The summed E-state index contributed by atoms with van der Waals surface area (Å²) in [4.78, 5) is 7.14. The molecule has 2 rings (SSSR count). The van der Waals surface area contributed by atoms with Crippen LogP contribution in [0.3, 0.4) is 0 Å². The van der Waals surface area contributed by atoms with Gasteiger partial charge in [0.15, 0.2) is 0 Å². The van der Waals surface area contributed by atoms with Gasteiger partial charge < -0.3 is 9.47 Å². The molecule has 4 nitrogen and oxygen atoms in total. The third-order valence-corrected chi connectivity index (χ3v) is 3.57. The lowest BCUT2D eigenvalue weighted by Gasteiger charge is -2.10. The van der Waals surface area contributed by atoms with Crippen LogP contribution < -0.4 is 9.47 Å². The fourth-order valence-corrected chi connectivity index (χ4v) is 2.20. The van der Waals surface area contributed by atoms with Gasteiger partial charge in [0.2, 0.25) is 11.8 Å². The molecule has 0 bridgehead atoms. The average Bonchev–Trinajstić information content (AvgIpc) is 2.53. The van der Waals surface area contributed by atoms with E-state index in [4.69, 9.17) is 9.47 Å². The SMILES string of the molecule is FC(F)(F)SCCCOc1cccc(Oc2ccnc(C(F)(F)F)c2)n1. The Morgan fingerprint density at radius 3 is 2.42 bits per heavy atom. The average molecular weight is 398 g/mol. The zero-order valence-electron chi connectivity index (χ0n) is 13.0. The Balaban J connectivity index is 1.91. The molecular formula is C15H12F6N2O2S. The Kier molecular flexibility index (Phi) is 6.57. The van der Waals surface area contributed by atoms with Crippen LogP contribution in [-0.2, 0) is 6.18 Å². The fraction of sp³-hybridized carbons (Fsp3) is 0.333. The molecule has 0 aliphatic rings. The lowest BCUT2D eigenvalue weighted by molar-refractivity contribution is -0.141. The zero-order chi connectivity index (χ0) is 19.2. The van der Waals surface area contributed by atoms with Crippen molar-refractivity contribution in [2.24, 2.45) is 0 Å². The summed E-state index contributed by atoms with van der Waals surface area (Å²) in [5.74, 6) is -0.202. The van der Waals surface area contributed by atoms with Gasteiger partial charge in [-0.25, -0.2) is 0 Å². The lowest BCUT2D eigenvalue weighted by Crippen LogP contribution is -2.07. The highest BCUT2D eigenvalue weighted by molar-refractivity contribution is 8.00. The van der Waals surface area contributed by atoms with Gasteiger partial charge in [0.25, 0.3) is 0 Å². The second-order valence-corrected chi connectivity index (χ2v) is 5.95. The van der Waals surface area contributed by atoms with Gasteiger partial charge in [0.05, 0.1) is 6.61 Å². The normalized spacial score (nSPS) is 12.1. The Bertz CT molecular complexity index is 724. The van der Waals surface area contributed by atoms with E-state index in [1.54, 1.807) is 0 Å². The van der Waals surface area contributed by atoms with Gasteiger partial charge in [0, 0.05) is 30.1 Å². The van der Waals surface area contributed by atoms with Gasteiger partial charge in [-0.15, -0.1) is 0 Å². The van der Waals surface area contributed by atoms with Crippen molar-refractivity contribution in [2.75, 3.05) is 12.4 Å². The molecule has 26 heavy (non-hydrogen) atoms. The van der Waals surface area contributed by atoms with Gasteiger partial charge >= 0.3 is 11.7 Å². The van der Waals surface area contributed by atoms with Gasteiger partial charge in [-0.2, -0.15) is 31.3 Å². The van der Waals surface area contributed by atoms with E-state index in [-0.39, 0.29) is 48.1 Å². The Labute approximate surface area is 148 Å². The third kappa shape index (κ3) is 6.98. The molecule has 2 aromatic heterocycles. The summed E-state index contributed by atoms with van der Waals surface area (Å²) in [7, 11) is 0.